The first kappa shape index (κ1) is 16.8. The summed E-state index contributed by atoms with van der Waals surface area (Å²) in [5, 5.41) is 20.5. The molecule has 0 aliphatic heterocycles. The number of hydrogen-bond acceptors (Lipinski definition) is 9. The van der Waals surface area contributed by atoms with Gasteiger partial charge in [0.1, 0.15) is 5.01 Å². The molecule has 0 radical (unpaired) electrons. The number of carbonyl (C=O) groups is 1. The van der Waals surface area contributed by atoms with Gasteiger partial charge in [0.25, 0.3) is 0 Å². The Morgan fingerprint density at radius 2 is 1.96 bits per heavy atom. The molecular weight excluding hydrogens is 364 g/mol. The molecule has 0 aliphatic rings. The lowest BCUT2D eigenvalue weighted by Gasteiger charge is -2.00. The molecule has 0 unspecified atom stereocenters. The molecule has 0 saturated carbocycles. The SMILES string of the molecule is Nc1nnc(SCCc2nnc(NC(=O)Cc3ccccc3)s2)s1. The van der Waals surface area contributed by atoms with Gasteiger partial charge in [-0.05, 0) is 5.56 Å². The van der Waals surface area contributed by atoms with E-state index in [1.807, 2.05) is 30.3 Å². The highest BCUT2D eigenvalue weighted by molar-refractivity contribution is 8.01. The van der Waals surface area contributed by atoms with Crippen LogP contribution in [-0.2, 0) is 17.6 Å². The predicted octanol–water partition coefficient (Wildman–Crippen LogP) is 2.49. The number of benzene rings is 1. The van der Waals surface area contributed by atoms with Crippen LogP contribution in [-0.4, -0.2) is 32.1 Å². The number of carbonyl (C=O) groups excluding carboxylic acids is 1. The van der Waals surface area contributed by atoms with Crippen LogP contribution in [0.1, 0.15) is 10.6 Å². The maximum atomic E-state index is 12.0. The van der Waals surface area contributed by atoms with Crippen molar-refractivity contribution in [1.82, 2.24) is 20.4 Å². The summed E-state index contributed by atoms with van der Waals surface area (Å²) in [5.41, 5.74) is 6.50. The third kappa shape index (κ3) is 4.98. The summed E-state index contributed by atoms with van der Waals surface area (Å²) in [4.78, 5) is 12.0. The number of amides is 1. The lowest BCUT2D eigenvalue weighted by atomic mass is 10.1. The Kier molecular flexibility index (Phi) is 5.72. The number of thioether (sulfide) groups is 1. The van der Waals surface area contributed by atoms with Gasteiger partial charge in [-0.15, -0.1) is 20.4 Å². The Bertz CT molecular complexity index is 804. The van der Waals surface area contributed by atoms with E-state index >= 15 is 0 Å². The molecule has 124 valence electrons. The first-order valence-electron chi connectivity index (χ1n) is 7.07. The van der Waals surface area contributed by atoms with Gasteiger partial charge in [0.15, 0.2) is 4.34 Å². The number of nitrogens with two attached hydrogens (primary N) is 1. The fourth-order valence-corrected chi connectivity index (χ4v) is 4.39. The summed E-state index contributed by atoms with van der Waals surface area (Å²) in [5.74, 6) is 0.712. The highest BCUT2D eigenvalue weighted by Gasteiger charge is 2.09. The lowest BCUT2D eigenvalue weighted by Crippen LogP contribution is -2.14. The number of anilines is 2. The van der Waals surface area contributed by atoms with Gasteiger partial charge in [0.2, 0.25) is 16.2 Å². The number of aromatic nitrogens is 4. The predicted molar refractivity (Wildman–Crippen MR) is 97.4 cm³/mol. The molecule has 2 aromatic heterocycles. The van der Waals surface area contributed by atoms with Crippen LogP contribution in [0.3, 0.4) is 0 Å². The van der Waals surface area contributed by atoms with Gasteiger partial charge in [0.05, 0.1) is 6.42 Å². The summed E-state index contributed by atoms with van der Waals surface area (Å²) in [6.45, 7) is 0. The van der Waals surface area contributed by atoms with E-state index in [4.69, 9.17) is 5.73 Å². The molecule has 7 nitrogen and oxygen atoms in total. The molecule has 1 amide bonds. The second-order valence-corrected chi connectivity index (χ2v) is 8.13. The molecular formula is C14H14N6OS3. The Balaban J connectivity index is 1.45. The third-order valence-corrected chi connectivity index (χ3v) is 5.67. The molecule has 0 aliphatic carbocycles. The van der Waals surface area contributed by atoms with Crippen LogP contribution in [0, 0.1) is 0 Å². The first-order valence-corrected chi connectivity index (χ1v) is 9.69. The van der Waals surface area contributed by atoms with E-state index in [1.165, 1.54) is 22.7 Å². The van der Waals surface area contributed by atoms with Crippen molar-refractivity contribution in [2.45, 2.75) is 17.2 Å². The highest BCUT2D eigenvalue weighted by Crippen LogP contribution is 2.25. The molecule has 0 saturated heterocycles. The van der Waals surface area contributed by atoms with Gasteiger partial charge >= 0.3 is 0 Å². The van der Waals surface area contributed by atoms with Crippen molar-refractivity contribution >= 4 is 50.6 Å². The fourth-order valence-electron chi connectivity index (χ4n) is 1.85. The number of nitrogens with zero attached hydrogens (tertiary/aromatic N) is 4. The van der Waals surface area contributed by atoms with Crippen LogP contribution in [0.15, 0.2) is 34.7 Å². The molecule has 24 heavy (non-hydrogen) atoms. The van der Waals surface area contributed by atoms with Gasteiger partial charge in [-0.3, -0.25) is 4.79 Å². The molecule has 0 fully saturated rings. The number of hydrogen-bond donors (Lipinski definition) is 2. The Morgan fingerprint density at radius 1 is 1.12 bits per heavy atom. The summed E-state index contributed by atoms with van der Waals surface area (Å²) in [6.07, 6.45) is 1.07. The second kappa shape index (κ2) is 8.18. The molecule has 1 aromatic carbocycles. The van der Waals surface area contributed by atoms with Crippen LogP contribution in [0.2, 0.25) is 0 Å². The smallest absolute Gasteiger partial charge is 0.230 e. The van der Waals surface area contributed by atoms with E-state index in [0.29, 0.717) is 16.7 Å². The molecule has 3 rings (SSSR count). The maximum absolute atomic E-state index is 12.0. The average molecular weight is 379 g/mol. The minimum Gasteiger partial charge on any atom is -0.374 e. The van der Waals surface area contributed by atoms with Crippen LogP contribution in [0.25, 0.3) is 0 Å². The molecule has 0 bridgehead atoms. The van der Waals surface area contributed by atoms with Crippen LogP contribution in [0.5, 0.6) is 0 Å². The topological polar surface area (TPSA) is 107 Å². The summed E-state index contributed by atoms with van der Waals surface area (Å²) in [6, 6.07) is 9.58. The summed E-state index contributed by atoms with van der Waals surface area (Å²) < 4.78 is 0.841. The van der Waals surface area contributed by atoms with Gasteiger partial charge in [0, 0.05) is 12.2 Å². The van der Waals surface area contributed by atoms with Crippen molar-refractivity contribution < 1.29 is 4.79 Å². The Hall–Kier alpha value is -2.04. The molecule has 2 heterocycles. The van der Waals surface area contributed by atoms with Crippen molar-refractivity contribution in [2.24, 2.45) is 0 Å². The molecule has 10 heteroatoms. The van der Waals surface area contributed by atoms with E-state index in [1.54, 1.807) is 11.8 Å². The monoisotopic (exact) mass is 378 g/mol. The molecule has 0 atom stereocenters. The zero-order valence-electron chi connectivity index (χ0n) is 12.5. The molecule has 0 spiro atoms. The third-order valence-electron chi connectivity index (χ3n) is 2.88. The fraction of sp³-hybridized carbons (Fsp3) is 0.214. The van der Waals surface area contributed by atoms with Crippen molar-refractivity contribution in [2.75, 3.05) is 16.8 Å². The second-order valence-electron chi connectivity index (χ2n) is 4.72. The van der Waals surface area contributed by atoms with E-state index in [-0.39, 0.29) is 5.91 Å². The van der Waals surface area contributed by atoms with Gasteiger partial charge in [-0.1, -0.05) is 64.8 Å². The summed E-state index contributed by atoms with van der Waals surface area (Å²) in [7, 11) is 0. The van der Waals surface area contributed by atoms with Crippen LogP contribution < -0.4 is 11.1 Å². The van der Waals surface area contributed by atoms with Crippen molar-refractivity contribution in [3.8, 4) is 0 Å². The average Bonchev–Trinajstić information content (AvgIpc) is 3.17. The minimum atomic E-state index is -0.0948. The van der Waals surface area contributed by atoms with Gasteiger partial charge in [-0.25, -0.2) is 0 Å². The zero-order chi connectivity index (χ0) is 16.8. The number of nitrogen functional groups attached to an aromatic ring is 1. The molecule has 3 N–H and O–H groups in total. The van der Waals surface area contributed by atoms with Crippen molar-refractivity contribution in [3.63, 3.8) is 0 Å². The maximum Gasteiger partial charge on any atom is 0.230 e. The Morgan fingerprint density at radius 3 is 2.71 bits per heavy atom. The van der Waals surface area contributed by atoms with Gasteiger partial charge < -0.3 is 11.1 Å². The Labute approximate surface area is 150 Å². The number of rotatable bonds is 7. The van der Waals surface area contributed by atoms with Crippen molar-refractivity contribution in [1.29, 1.82) is 0 Å². The minimum absolute atomic E-state index is 0.0948. The number of aryl methyl sites for hydroxylation is 1. The largest absolute Gasteiger partial charge is 0.374 e. The van der Waals surface area contributed by atoms with E-state index < -0.39 is 0 Å². The van der Waals surface area contributed by atoms with E-state index in [2.05, 4.69) is 25.7 Å². The van der Waals surface area contributed by atoms with Crippen molar-refractivity contribution in [3.05, 3.63) is 40.9 Å². The molecule has 3 aromatic rings. The lowest BCUT2D eigenvalue weighted by molar-refractivity contribution is -0.115. The van der Waals surface area contributed by atoms with Crippen LogP contribution in [0.4, 0.5) is 10.3 Å². The van der Waals surface area contributed by atoms with E-state index in [0.717, 1.165) is 27.1 Å². The first-order chi connectivity index (χ1) is 11.7. The van der Waals surface area contributed by atoms with Crippen LogP contribution >= 0.6 is 34.4 Å². The van der Waals surface area contributed by atoms with E-state index in [9.17, 15) is 4.79 Å². The quantitative estimate of drug-likeness (QED) is 0.608. The standard InChI is InChI=1S/C14H14N6OS3/c15-12-18-20-14(24-12)22-7-6-11-17-19-13(23-11)16-10(21)8-9-4-2-1-3-5-9/h1-5H,6-8H2,(H2,15,18)(H,16,19,21). The number of nitrogens with one attached hydrogen (secondary N) is 1. The normalized spacial score (nSPS) is 10.7. The van der Waals surface area contributed by atoms with Gasteiger partial charge in [-0.2, -0.15) is 0 Å². The zero-order valence-corrected chi connectivity index (χ0v) is 15.0. The highest BCUT2D eigenvalue weighted by atomic mass is 32.2. The summed E-state index contributed by atoms with van der Waals surface area (Å²) >= 11 is 4.33.